The van der Waals surface area contributed by atoms with Crippen molar-refractivity contribution in [1.82, 2.24) is 5.32 Å². The Bertz CT molecular complexity index is 89.6. The van der Waals surface area contributed by atoms with Gasteiger partial charge in [-0.3, -0.25) is 0 Å². The third kappa shape index (κ3) is 3.11. The molecule has 68 valence electrons. The van der Waals surface area contributed by atoms with Crippen LogP contribution in [0.25, 0.3) is 0 Å². The summed E-state index contributed by atoms with van der Waals surface area (Å²) in [6, 6.07) is 0. The van der Waals surface area contributed by atoms with Crippen molar-refractivity contribution in [1.29, 1.82) is 0 Å². The van der Waals surface area contributed by atoms with Gasteiger partial charge in [0.2, 0.25) is 0 Å². The van der Waals surface area contributed by atoms with Crippen LogP contribution in [-0.4, -0.2) is 53.9 Å². The zero-order valence-corrected chi connectivity index (χ0v) is 6.26. The molecular formula is C6H14FNO3. The number of aliphatic hydroxyl groups excluding tert-OH is 3. The Morgan fingerprint density at radius 3 is 1.82 bits per heavy atom. The Morgan fingerprint density at radius 2 is 1.55 bits per heavy atom. The maximum atomic E-state index is 11.6. The lowest BCUT2D eigenvalue weighted by Gasteiger charge is -2.28. The minimum atomic E-state index is -1.15. The average Bonchev–Trinajstić information content (AvgIpc) is 2.08. The summed E-state index contributed by atoms with van der Waals surface area (Å²) in [6.45, 7) is -1.83. The Morgan fingerprint density at radius 1 is 1.09 bits per heavy atom. The number of halogens is 1. The Balaban J connectivity index is 3.84. The van der Waals surface area contributed by atoms with Crippen LogP contribution in [0.3, 0.4) is 0 Å². The number of hydrogen-bond acceptors (Lipinski definition) is 4. The molecule has 0 fully saturated rings. The molecule has 11 heavy (non-hydrogen) atoms. The summed E-state index contributed by atoms with van der Waals surface area (Å²) < 4.78 is 11.6. The zero-order valence-electron chi connectivity index (χ0n) is 6.26. The Hall–Kier alpha value is -0.230. The molecule has 0 saturated heterocycles. The molecule has 0 aliphatic heterocycles. The minimum absolute atomic E-state index is 0.0156. The molecule has 0 radical (unpaired) electrons. The van der Waals surface area contributed by atoms with E-state index in [0.29, 0.717) is 0 Å². The largest absolute Gasteiger partial charge is 0.394 e. The standard InChI is InChI=1S/C6H14FNO3/c7-1-2-8-6(3-9,4-10)5-11/h8-11H,1-5H2. The lowest BCUT2D eigenvalue weighted by atomic mass is 10.0. The minimum Gasteiger partial charge on any atom is -0.394 e. The predicted octanol–water partition coefficient (Wildman–Crippen LogP) is -1.74. The van der Waals surface area contributed by atoms with E-state index in [1.807, 2.05) is 0 Å². The molecule has 0 spiro atoms. The fraction of sp³-hybridized carbons (Fsp3) is 1.00. The van der Waals surface area contributed by atoms with Crippen molar-refractivity contribution in [3.8, 4) is 0 Å². The zero-order chi connectivity index (χ0) is 8.74. The van der Waals surface area contributed by atoms with Gasteiger partial charge >= 0.3 is 0 Å². The number of hydrogen-bond donors (Lipinski definition) is 4. The molecule has 5 heteroatoms. The highest BCUT2D eigenvalue weighted by Crippen LogP contribution is 2.00. The second-order valence-electron chi connectivity index (χ2n) is 2.37. The van der Waals surface area contributed by atoms with Crippen LogP contribution in [0, 0.1) is 0 Å². The predicted molar refractivity (Wildman–Crippen MR) is 38.0 cm³/mol. The van der Waals surface area contributed by atoms with Gasteiger partial charge < -0.3 is 20.6 Å². The van der Waals surface area contributed by atoms with Crippen LogP contribution in [0.2, 0.25) is 0 Å². The molecule has 0 aliphatic rings. The molecule has 4 N–H and O–H groups in total. The molecule has 0 aliphatic carbocycles. The van der Waals surface area contributed by atoms with Crippen LogP contribution >= 0.6 is 0 Å². The SMILES string of the molecule is OCC(CO)(CO)NCCF. The number of alkyl halides is 1. The first-order chi connectivity index (χ1) is 5.24. The van der Waals surface area contributed by atoms with Crippen LogP contribution in [-0.2, 0) is 0 Å². The molecule has 0 aromatic heterocycles. The third-order valence-electron chi connectivity index (χ3n) is 1.50. The Kier molecular flexibility index (Phi) is 5.31. The van der Waals surface area contributed by atoms with Gasteiger partial charge in [0.15, 0.2) is 0 Å². The van der Waals surface area contributed by atoms with E-state index in [9.17, 15) is 4.39 Å². The van der Waals surface area contributed by atoms with E-state index in [2.05, 4.69) is 5.32 Å². The molecule has 0 atom stereocenters. The van der Waals surface area contributed by atoms with Crippen LogP contribution in [0.1, 0.15) is 0 Å². The van der Waals surface area contributed by atoms with Crippen molar-refractivity contribution in [2.24, 2.45) is 0 Å². The Labute approximate surface area is 64.7 Å². The molecule has 0 aromatic carbocycles. The summed E-state index contributed by atoms with van der Waals surface area (Å²) in [4.78, 5) is 0. The highest BCUT2D eigenvalue weighted by Gasteiger charge is 2.26. The van der Waals surface area contributed by atoms with Crippen LogP contribution in [0.15, 0.2) is 0 Å². The number of aliphatic hydroxyl groups is 3. The fourth-order valence-electron chi connectivity index (χ4n) is 0.630. The molecule has 0 heterocycles. The lowest BCUT2D eigenvalue weighted by Crippen LogP contribution is -2.55. The number of nitrogens with one attached hydrogen (secondary N) is 1. The molecular weight excluding hydrogens is 153 g/mol. The fourth-order valence-corrected chi connectivity index (χ4v) is 0.630. The van der Waals surface area contributed by atoms with Gasteiger partial charge in [0, 0.05) is 6.54 Å². The summed E-state index contributed by atoms with van der Waals surface area (Å²) in [5.74, 6) is 0. The maximum absolute atomic E-state index is 11.6. The van der Waals surface area contributed by atoms with Crippen molar-refractivity contribution >= 4 is 0 Å². The van der Waals surface area contributed by atoms with Crippen LogP contribution in [0.4, 0.5) is 4.39 Å². The van der Waals surface area contributed by atoms with Gasteiger partial charge in [0.05, 0.1) is 25.4 Å². The van der Waals surface area contributed by atoms with Gasteiger partial charge in [-0.25, -0.2) is 4.39 Å². The van der Waals surface area contributed by atoms with Crippen molar-refractivity contribution in [3.63, 3.8) is 0 Å². The second-order valence-corrected chi connectivity index (χ2v) is 2.37. The molecule has 4 nitrogen and oxygen atoms in total. The first-order valence-electron chi connectivity index (χ1n) is 3.38. The van der Waals surface area contributed by atoms with Gasteiger partial charge in [-0.2, -0.15) is 0 Å². The van der Waals surface area contributed by atoms with E-state index in [1.165, 1.54) is 0 Å². The molecule has 0 unspecified atom stereocenters. The lowest BCUT2D eigenvalue weighted by molar-refractivity contribution is 0.0418. The summed E-state index contributed by atoms with van der Waals surface area (Å²) in [6.07, 6.45) is 0. The normalized spacial score (nSPS) is 12.0. The van der Waals surface area contributed by atoms with Crippen molar-refractivity contribution < 1.29 is 19.7 Å². The highest BCUT2D eigenvalue weighted by molar-refractivity contribution is 4.85. The molecule has 0 bridgehead atoms. The van der Waals surface area contributed by atoms with Gasteiger partial charge in [-0.15, -0.1) is 0 Å². The van der Waals surface area contributed by atoms with Crippen molar-refractivity contribution in [2.45, 2.75) is 5.54 Å². The van der Waals surface area contributed by atoms with E-state index >= 15 is 0 Å². The van der Waals surface area contributed by atoms with Crippen LogP contribution < -0.4 is 5.32 Å². The second kappa shape index (κ2) is 5.42. The maximum Gasteiger partial charge on any atom is 0.102 e. The summed E-state index contributed by atoms with van der Waals surface area (Å²) in [7, 11) is 0. The molecule has 0 rings (SSSR count). The van der Waals surface area contributed by atoms with Gasteiger partial charge in [0.25, 0.3) is 0 Å². The summed E-state index contributed by atoms with van der Waals surface area (Å²) in [5.41, 5.74) is -1.15. The van der Waals surface area contributed by atoms with Gasteiger partial charge in [-0.1, -0.05) is 0 Å². The topological polar surface area (TPSA) is 72.7 Å². The first-order valence-corrected chi connectivity index (χ1v) is 3.38. The van der Waals surface area contributed by atoms with Crippen molar-refractivity contribution in [2.75, 3.05) is 33.0 Å². The molecule has 0 aromatic rings. The van der Waals surface area contributed by atoms with Crippen LogP contribution in [0.5, 0.6) is 0 Å². The highest BCUT2D eigenvalue weighted by atomic mass is 19.1. The quantitative estimate of drug-likeness (QED) is 0.379. The van der Waals surface area contributed by atoms with E-state index in [1.54, 1.807) is 0 Å². The average molecular weight is 167 g/mol. The van der Waals surface area contributed by atoms with Gasteiger partial charge in [0.1, 0.15) is 6.67 Å². The first kappa shape index (κ1) is 10.8. The van der Waals surface area contributed by atoms with E-state index < -0.39 is 32.0 Å². The van der Waals surface area contributed by atoms with Crippen molar-refractivity contribution in [3.05, 3.63) is 0 Å². The van der Waals surface area contributed by atoms with Gasteiger partial charge in [-0.05, 0) is 0 Å². The smallest absolute Gasteiger partial charge is 0.102 e. The van der Waals surface area contributed by atoms with E-state index in [0.717, 1.165) is 0 Å². The third-order valence-corrected chi connectivity index (χ3v) is 1.50. The van der Waals surface area contributed by atoms with E-state index in [4.69, 9.17) is 15.3 Å². The molecule has 0 saturated carbocycles. The molecule has 0 amide bonds. The summed E-state index contributed by atoms with van der Waals surface area (Å²) >= 11 is 0. The monoisotopic (exact) mass is 167 g/mol. The number of rotatable bonds is 6. The summed E-state index contributed by atoms with van der Waals surface area (Å²) in [5, 5.41) is 28.6. The van der Waals surface area contributed by atoms with E-state index in [-0.39, 0.29) is 6.54 Å².